The van der Waals surface area contributed by atoms with E-state index in [4.69, 9.17) is 0 Å². The van der Waals surface area contributed by atoms with E-state index in [1.165, 1.54) is 0 Å². The maximum atomic E-state index is 12.2. The van der Waals surface area contributed by atoms with E-state index in [0.29, 0.717) is 11.1 Å². The second-order valence-electron chi connectivity index (χ2n) is 5.86. The third-order valence-electron chi connectivity index (χ3n) is 3.92. The van der Waals surface area contributed by atoms with E-state index < -0.39 is 0 Å². The number of carbonyl (C=O) groups excluding carboxylic acids is 1. The first-order valence-electron chi connectivity index (χ1n) is 7.61. The summed E-state index contributed by atoms with van der Waals surface area (Å²) in [5.74, 6) is -0.212. The van der Waals surface area contributed by atoms with Crippen LogP contribution in [0.25, 0.3) is 10.9 Å². The zero-order valence-electron chi connectivity index (χ0n) is 13.4. The van der Waals surface area contributed by atoms with Gasteiger partial charge in [0.1, 0.15) is 0 Å². The smallest absolute Gasteiger partial charge is 0.253 e. The number of aromatic amines is 1. The van der Waals surface area contributed by atoms with Crippen LogP contribution in [0.4, 0.5) is 0 Å². The monoisotopic (exact) mass is 384 g/mol. The quantitative estimate of drug-likeness (QED) is 0.720. The van der Waals surface area contributed by atoms with Crippen molar-refractivity contribution in [2.24, 2.45) is 0 Å². The molecule has 0 radical (unpaired) electrons. The number of rotatable bonds is 3. The van der Waals surface area contributed by atoms with Crippen molar-refractivity contribution in [2.75, 3.05) is 0 Å². The first-order chi connectivity index (χ1) is 11.4. The molecule has 122 valence electrons. The molecule has 24 heavy (non-hydrogen) atoms. The third-order valence-corrected chi connectivity index (χ3v) is 4.41. The van der Waals surface area contributed by atoms with Crippen LogP contribution >= 0.6 is 15.9 Å². The highest BCUT2D eigenvalue weighted by molar-refractivity contribution is 9.10. The summed E-state index contributed by atoms with van der Waals surface area (Å²) < 4.78 is 0.838. The molecule has 0 bridgehead atoms. The summed E-state index contributed by atoms with van der Waals surface area (Å²) in [5.41, 5.74) is 3.93. The number of fused-ring (bicyclic) bond motifs is 1. The van der Waals surface area contributed by atoms with Crippen LogP contribution in [0.15, 0.2) is 51.7 Å². The summed E-state index contributed by atoms with van der Waals surface area (Å²) in [5, 5.41) is 3.79. The fourth-order valence-corrected chi connectivity index (χ4v) is 3.15. The Morgan fingerprint density at radius 1 is 1.17 bits per heavy atom. The molecule has 0 saturated carbocycles. The zero-order valence-corrected chi connectivity index (χ0v) is 15.0. The normalized spacial score (nSPS) is 10.8. The van der Waals surface area contributed by atoms with Gasteiger partial charge in [-0.05, 0) is 55.3 Å². The van der Waals surface area contributed by atoms with Gasteiger partial charge in [-0.25, -0.2) is 0 Å². The maximum Gasteiger partial charge on any atom is 0.253 e. The lowest BCUT2D eigenvalue weighted by Crippen LogP contribution is -2.26. The molecule has 2 N–H and O–H groups in total. The van der Waals surface area contributed by atoms with Gasteiger partial charge in [-0.1, -0.05) is 28.1 Å². The summed E-state index contributed by atoms with van der Waals surface area (Å²) in [7, 11) is 0. The number of hydrogen-bond donors (Lipinski definition) is 2. The summed E-state index contributed by atoms with van der Waals surface area (Å²) in [6.45, 7) is 4.19. The number of benzene rings is 2. The summed E-state index contributed by atoms with van der Waals surface area (Å²) in [4.78, 5) is 27.4. The number of H-pyrrole nitrogens is 1. The van der Waals surface area contributed by atoms with Gasteiger partial charge in [-0.3, -0.25) is 9.59 Å². The van der Waals surface area contributed by atoms with Crippen LogP contribution in [0.3, 0.4) is 0 Å². The summed E-state index contributed by atoms with van der Waals surface area (Å²) in [6, 6.07) is 13.0. The van der Waals surface area contributed by atoms with Gasteiger partial charge in [0.25, 0.3) is 11.5 Å². The van der Waals surface area contributed by atoms with Crippen LogP contribution in [0.1, 0.15) is 27.0 Å². The van der Waals surface area contributed by atoms with Crippen molar-refractivity contribution in [1.82, 2.24) is 10.3 Å². The molecule has 0 saturated heterocycles. The van der Waals surface area contributed by atoms with Crippen LogP contribution in [0.5, 0.6) is 0 Å². The van der Waals surface area contributed by atoms with E-state index in [9.17, 15) is 9.59 Å². The van der Waals surface area contributed by atoms with E-state index in [1.807, 2.05) is 32.0 Å². The Morgan fingerprint density at radius 3 is 2.71 bits per heavy atom. The van der Waals surface area contributed by atoms with Crippen LogP contribution in [-0.2, 0) is 6.54 Å². The Labute approximate surface area is 148 Å². The minimum Gasteiger partial charge on any atom is -0.348 e. The molecule has 5 heteroatoms. The van der Waals surface area contributed by atoms with Gasteiger partial charge < -0.3 is 10.3 Å². The Hall–Kier alpha value is -2.40. The van der Waals surface area contributed by atoms with Crippen molar-refractivity contribution in [2.45, 2.75) is 20.4 Å². The highest BCUT2D eigenvalue weighted by Gasteiger charge is 2.09. The number of pyridine rings is 1. The maximum absolute atomic E-state index is 12.2. The Balaban J connectivity index is 1.86. The molecule has 0 aliphatic heterocycles. The topological polar surface area (TPSA) is 62.0 Å². The molecule has 3 rings (SSSR count). The molecule has 0 atom stereocenters. The van der Waals surface area contributed by atoms with Crippen molar-refractivity contribution in [1.29, 1.82) is 0 Å². The lowest BCUT2D eigenvalue weighted by Gasteiger charge is -2.09. The molecule has 0 unspecified atom stereocenters. The number of nitrogens with one attached hydrogen (secondary N) is 2. The summed E-state index contributed by atoms with van der Waals surface area (Å²) >= 11 is 3.34. The number of carbonyl (C=O) groups is 1. The minimum absolute atomic E-state index is 0.179. The number of aryl methyl sites for hydroxylation is 2. The number of halogens is 1. The molecular weight excluding hydrogens is 368 g/mol. The van der Waals surface area contributed by atoms with Crippen LogP contribution < -0.4 is 10.9 Å². The van der Waals surface area contributed by atoms with E-state index >= 15 is 0 Å². The van der Waals surface area contributed by atoms with E-state index in [0.717, 1.165) is 26.5 Å². The van der Waals surface area contributed by atoms with Crippen LogP contribution in [0.2, 0.25) is 0 Å². The first-order valence-corrected chi connectivity index (χ1v) is 8.40. The SMILES string of the molecule is Cc1cc(C)c2cc(CNC(=O)c3cccc(Br)c3)c(=O)[nH]c2c1. The zero-order chi connectivity index (χ0) is 17.3. The Bertz CT molecular complexity index is 992. The number of hydrogen-bond acceptors (Lipinski definition) is 2. The molecule has 0 fully saturated rings. The number of aromatic nitrogens is 1. The van der Waals surface area contributed by atoms with Crippen molar-refractivity contribution in [3.63, 3.8) is 0 Å². The predicted molar refractivity (Wildman–Crippen MR) is 99.4 cm³/mol. The predicted octanol–water partition coefficient (Wildman–Crippen LogP) is 3.84. The molecule has 0 spiro atoms. The van der Waals surface area contributed by atoms with Gasteiger partial charge in [0.15, 0.2) is 0 Å². The van der Waals surface area contributed by atoms with E-state index in [1.54, 1.807) is 18.2 Å². The Morgan fingerprint density at radius 2 is 1.96 bits per heavy atom. The molecule has 1 amide bonds. The average Bonchev–Trinajstić information content (AvgIpc) is 2.52. The van der Waals surface area contributed by atoms with Gasteiger partial charge in [-0.15, -0.1) is 0 Å². The Kier molecular flexibility index (Phi) is 4.53. The van der Waals surface area contributed by atoms with Gasteiger partial charge in [0.05, 0.1) is 0 Å². The lowest BCUT2D eigenvalue weighted by atomic mass is 10.0. The lowest BCUT2D eigenvalue weighted by molar-refractivity contribution is 0.0950. The molecule has 0 aliphatic carbocycles. The van der Waals surface area contributed by atoms with Crippen molar-refractivity contribution < 1.29 is 4.79 Å². The fraction of sp³-hybridized carbons (Fsp3) is 0.158. The second kappa shape index (κ2) is 6.61. The van der Waals surface area contributed by atoms with E-state index in [2.05, 4.69) is 32.3 Å². The highest BCUT2D eigenvalue weighted by atomic mass is 79.9. The third kappa shape index (κ3) is 3.41. The van der Waals surface area contributed by atoms with Gasteiger partial charge >= 0.3 is 0 Å². The van der Waals surface area contributed by atoms with E-state index in [-0.39, 0.29) is 18.0 Å². The first kappa shape index (κ1) is 16.5. The molecule has 3 aromatic rings. The van der Waals surface area contributed by atoms with Crippen molar-refractivity contribution >= 4 is 32.7 Å². The van der Waals surface area contributed by atoms with Crippen LogP contribution in [0, 0.1) is 13.8 Å². The molecule has 2 aromatic carbocycles. The second-order valence-corrected chi connectivity index (χ2v) is 6.78. The van der Waals surface area contributed by atoms with Crippen LogP contribution in [-0.4, -0.2) is 10.9 Å². The summed E-state index contributed by atoms with van der Waals surface area (Å²) in [6.07, 6.45) is 0. The largest absolute Gasteiger partial charge is 0.348 e. The highest BCUT2D eigenvalue weighted by Crippen LogP contribution is 2.18. The van der Waals surface area contributed by atoms with Gasteiger partial charge in [0.2, 0.25) is 0 Å². The molecule has 4 nitrogen and oxygen atoms in total. The standard InChI is InChI=1S/C19H17BrN2O2/c1-11-6-12(2)16-9-14(19(24)22-17(16)7-11)10-21-18(23)13-4-3-5-15(20)8-13/h3-9H,10H2,1-2H3,(H,21,23)(H,22,24). The molecule has 1 aromatic heterocycles. The van der Waals surface area contributed by atoms with Crippen molar-refractivity contribution in [3.8, 4) is 0 Å². The minimum atomic E-state index is -0.212. The molecular formula is C19H17BrN2O2. The van der Waals surface area contributed by atoms with Crippen molar-refractivity contribution in [3.05, 3.63) is 79.5 Å². The molecule has 1 heterocycles. The molecule has 0 aliphatic rings. The van der Waals surface area contributed by atoms with Gasteiger partial charge in [-0.2, -0.15) is 0 Å². The number of amides is 1. The fourth-order valence-electron chi connectivity index (χ4n) is 2.75. The average molecular weight is 385 g/mol. The van der Waals surface area contributed by atoms with Gasteiger partial charge in [0, 0.05) is 33.0 Å².